The van der Waals surface area contributed by atoms with Gasteiger partial charge in [0, 0.05) is 31.7 Å². The van der Waals surface area contributed by atoms with E-state index >= 15 is 0 Å². The molecule has 2 aliphatic rings. The summed E-state index contributed by atoms with van der Waals surface area (Å²) in [5, 5.41) is 11.2. The zero-order chi connectivity index (χ0) is 21.5. The van der Waals surface area contributed by atoms with E-state index in [0.29, 0.717) is 18.7 Å². The summed E-state index contributed by atoms with van der Waals surface area (Å²) in [7, 11) is 0. The monoisotopic (exact) mass is 422 g/mol. The van der Waals surface area contributed by atoms with Crippen LogP contribution in [-0.2, 0) is 0 Å². The molecule has 7 nitrogen and oxygen atoms in total. The van der Waals surface area contributed by atoms with Gasteiger partial charge >= 0.3 is 0 Å². The van der Waals surface area contributed by atoms with E-state index in [1.807, 2.05) is 29.2 Å². The molecule has 4 aromatic rings. The van der Waals surface area contributed by atoms with E-state index in [1.165, 1.54) is 28.6 Å². The highest BCUT2D eigenvalue weighted by Crippen LogP contribution is 2.46. The first-order chi connectivity index (χ1) is 15.8. The lowest BCUT2D eigenvalue weighted by atomic mass is 10.0. The number of piperazine rings is 1. The number of nitrogens with zero attached hydrogens (tertiary/aromatic N) is 6. The Bertz CT molecular complexity index is 1210. The zero-order valence-corrected chi connectivity index (χ0v) is 17.5. The van der Waals surface area contributed by atoms with E-state index in [1.54, 1.807) is 4.68 Å². The number of carbonyl (C=O) groups excluding carboxylic acids is 1. The molecule has 2 heterocycles. The van der Waals surface area contributed by atoms with Crippen LogP contribution in [0.3, 0.4) is 0 Å². The lowest BCUT2D eigenvalue weighted by molar-refractivity contribution is 0.0600. The van der Waals surface area contributed by atoms with Crippen LogP contribution in [0.4, 0.5) is 0 Å². The molecule has 1 aliphatic carbocycles. The molecule has 32 heavy (non-hydrogen) atoms. The molecule has 0 bridgehead atoms. The predicted molar refractivity (Wildman–Crippen MR) is 120 cm³/mol. The molecule has 1 amide bonds. The van der Waals surface area contributed by atoms with Crippen molar-refractivity contribution in [2.24, 2.45) is 0 Å². The van der Waals surface area contributed by atoms with Crippen LogP contribution in [0.5, 0.6) is 0 Å². The van der Waals surface area contributed by atoms with Gasteiger partial charge in [-0.25, -0.2) is 4.68 Å². The number of carbonyl (C=O) groups is 1. The Balaban J connectivity index is 1.18. The van der Waals surface area contributed by atoms with Gasteiger partial charge in [-0.05, 0) is 56.9 Å². The molecule has 0 atom stereocenters. The number of hydrogen-bond acceptors (Lipinski definition) is 5. The highest BCUT2D eigenvalue weighted by Gasteiger charge is 2.34. The van der Waals surface area contributed by atoms with Crippen LogP contribution in [0.15, 0.2) is 79.1 Å². The van der Waals surface area contributed by atoms with Gasteiger partial charge in [0.1, 0.15) is 6.33 Å². The number of rotatable bonds is 3. The summed E-state index contributed by atoms with van der Waals surface area (Å²) in [6, 6.07) is 25.1. The van der Waals surface area contributed by atoms with Crippen LogP contribution in [0.1, 0.15) is 27.5 Å². The Kier molecular flexibility index (Phi) is 4.54. The minimum Gasteiger partial charge on any atom is -0.336 e. The molecule has 6 rings (SSSR count). The number of fused-ring (bicyclic) bond motifs is 3. The van der Waals surface area contributed by atoms with Crippen molar-refractivity contribution in [2.75, 3.05) is 26.2 Å². The topological polar surface area (TPSA) is 67.2 Å². The third kappa shape index (κ3) is 3.09. The predicted octanol–water partition coefficient (Wildman–Crippen LogP) is 3.19. The maximum absolute atomic E-state index is 13.1. The van der Waals surface area contributed by atoms with E-state index in [4.69, 9.17) is 0 Å². The molecule has 3 aromatic carbocycles. The highest BCUT2D eigenvalue weighted by atomic mass is 16.2. The number of aromatic nitrogens is 4. The molecule has 1 fully saturated rings. The standard InChI is InChI=1S/C25H22N6O/c32-25(18-9-11-19(12-10-18)31-17-26-27-28-31)30-15-13-29(14-16-30)24-22-7-3-1-5-20(22)21-6-2-4-8-23(21)24/h1-12,17,24H,13-16H2. The fourth-order valence-corrected chi connectivity index (χ4v) is 4.92. The first-order valence-electron chi connectivity index (χ1n) is 10.8. The average Bonchev–Trinajstić information content (AvgIpc) is 3.51. The molecular formula is C25H22N6O. The number of hydrogen-bond donors (Lipinski definition) is 0. The maximum Gasteiger partial charge on any atom is 0.253 e. The van der Waals surface area contributed by atoms with Gasteiger partial charge in [-0.3, -0.25) is 9.69 Å². The average molecular weight is 422 g/mol. The van der Waals surface area contributed by atoms with Crippen molar-refractivity contribution >= 4 is 5.91 Å². The molecule has 0 spiro atoms. The van der Waals surface area contributed by atoms with Gasteiger partial charge in [0.05, 0.1) is 11.7 Å². The number of benzene rings is 3. The van der Waals surface area contributed by atoms with Crippen LogP contribution < -0.4 is 0 Å². The third-order valence-electron chi connectivity index (χ3n) is 6.50. The number of tetrazole rings is 1. The summed E-state index contributed by atoms with van der Waals surface area (Å²) in [4.78, 5) is 17.5. The highest BCUT2D eigenvalue weighted by molar-refractivity contribution is 5.94. The van der Waals surface area contributed by atoms with Gasteiger partial charge < -0.3 is 4.90 Å². The van der Waals surface area contributed by atoms with E-state index < -0.39 is 0 Å². The number of amides is 1. The molecule has 0 radical (unpaired) electrons. The largest absolute Gasteiger partial charge is 0.336 e. The van der Waals surface area contributed by atoms with Crippen molar-refractivity contribution in [3.05, 3.63) is 95.8 Å². The van der Waals surface area contributed by atoms with Gasteiger partial charge in [-0.2, -0.15) is 0 Å². The molecule has 7 heteroatoms. The van der Waals surface area contributed by atoms with Crippen LogP contribution in [0.25, 0.3) is 16.8 Å². The van der Waals surface area contributed by atoms with E-state index in [9.17, 15) is 4.79 Å². The van der Waals surface area contributed by atoms with Crippen LogP contribution in [0.2, 0.25) is 0 Å². The first kappa shape index (κ1) is 18.9. The lowest BCUT2D eigenvalue weighted by Gasteiger charge is -2.38. The SMILES string of the molecule is O=C(c1ccc(-n2cnnn2)cc1)N1CCN(C2c3ccccc3-c3ccccc32)CC1. The normalized spacial score (nSPS) is 16.1. The van der Waals surface area contributed by atoms with Gasteiger partial charge in [-0.1, -0.05) is 48.5 Å². The Labute approximate surface area is 185 Å². The van der Waals surface area contributed by atoms with Gasteiger partial charge in [-0.15, -0.1) is 5.10 Å². The zero-order valence-electron chi connectivity index (χ0n) is 17.5. The fraction of sp³-hybridized carbons (Fsp3) is 0.200. The second-order valence-corrected chi connectivity index (χ2v) is 8.21. The summed E-state index contributed by atoms with van der Waals surface area (Å²) in [6.07, 6.45) is 1.54. The maximum atomic E-state index is 13.1. The Morgan fingerprint density at radius 1 is 0.781 bits per heavy atom. The smallest absolute Gasteiger partial charge is 0.253 e. The van der Waals surface area contributed by atoms with Crippen LogP contribution in [0, 0.1) is 0 Å². The minimum absolute atomic E-state index is 0.0696. The van der Waals surface area contributed by atoms with Gasteiger partial charge in [0.15, 0.2) is 0 Å². The first-order valence-corrected chi connectivity index (χ1v) is 10.8. The van der Waals surface area contributed by atoms with Crippen LogP contribution in [-0.4, -0.2) is 62.1 Å². The molecule has 1 aliphatic heterocycles. The Morgan fingerprint density at radius 2 is 1.41 bits per heavy atom. The van der Waals surface area contributed by atoms with E-state index in [2.05, 4.69) is 69.0 Å². The molecule has 1 saturated heterocycles. The molecule has 158 valence electrons. The van der Waals surface area contributed by atoms with Crippen molar-refractivity contribution in [3.8, 4) is 16.8 Å². The summed E-state index contributed by atoms with van der Waals surface area (Å²) in [6.45, 7) is 3.13. The quantitative estimate of drug-likeness (QED) is 0.507. The summed E-state index contributed by atoms with van der Waals surface area (Å²) >= 11 is 0. The fourth-order valence-electron chi connectivity index (χ4n) is 4.92. The Morgan fingerprint density at radius 3 is 2.00 bits per heavy atom. The molecular weight excluding hydrogens is 400 g/mol. The van der Waals surface area contributed by atoms with Crippen molar-refractivity contribution in [3.63, 3.8) is 0 Å². The summed E-state index contributed by atoms with van der Waals surface area (Å²) < 4.78 is 1.57. The van der Waals surface area contributed by atoms with E-state index in [0.717, 1.165) is 18.8 Å². The van der Waals surface area contributed by atoms with Gasteiger partial charge in [0.2, 0.25) is 0 Å². The van der Waals surface area contributed by atoms with Crippen molar-refractivity contribution in [2.45, 2.75) is 6.04 Å². The lowest BCUT2D eigenvalue weighted by Crippen LogP contribution is -2.49. The molecule has 0 saturated carbocycles. The van der Waals surface area contributed by atoms with Crippen molar-refractivity contribution in [1.29, 1.82) is 0 Å². The van der Waals surface area contributed by atoms with Crippen molar-refractivity contribution < 1.29 is 4.79 Å². The second-order valence-electron chi connectivity index (χ2n) is 8.21. The van der Waals surface area contributed by atoms with Gasteiger partial charge in [0.25, 0.3) is 5.91 Å². The van der Waals surface area contributed by atoms with E-state index in [-0.39, 0.29) is 11.9 Å². The van der Waals surface area contributed by atoms with Crippen LogP contribution >= 0.6 is 0 Å². The second kappa shape index (κ2) is 7.69. The summed E-state index contributed by atoms with van der Waals surface area (Å²) in [5.41, 5.74) is 6.91. The third-order valence-corrected chi connectivity index (χ3v) is 6.50. The summed E-state index contributed by atoms with van der Waals surface area (Å²) in [5.74, 6) is 0.0696. The molecule has 0 N–H and O–H groups in total. The minimum atomic E-state index is 0.0696. The molecule has 0 unspecified atom stereocenters. The molecule has 1 aromatic heterocycles. The van der Waals surface area contributed by atoms with Crippen molar-refractivity contribution in [1.82, 2.24) is 30.0 Å². The Hall–Kier alpha value is -3.84.